The molecule has 0 N–H and O–H groups in total. The number of hydrogen-bond donors (Lipinski definition) is 0. The summed E-state index contributed by atoms with van der Waals surface area (Å²) in [6.07, 6.45) is 4.96. The predicted molar refractivity (Wildman–Crippen MR) is 80.3 cm³/mol. The molecule has 20 heavy (non-hydrogen) atoms. The van der Waals surface area contributed by atoms with Gasteiger partial charge in [-0.15, -0.1) is 0 Å². The van der Waals surface area contributed by atoms with Gasteiger partial charge in [0, 0.05) is 12.7 Å². The van der Waals surface area contributed by atoms with Gasteiger partial charge in [-0.2, -0.15) is 0 Å². The molecule has 0 bridgehead atoms. The predicted octanol–water partition coefficient (Wildman–Crippen LogP) is 3.88. The van der Waals surface area contributed by atoms with Crippen LogP contribution in [0.25, 0.3) is 0 Å². The van der Waals surface area contributed by atoms with Crippen molar-refractivity contribution in [2.24, 2.45) is 0 Å². The van der Waals surface area contributed by atoms with Gasteiger partial charge in [0.1, 0.15) is 6.61 Å². The van der Waals surface area contributed by atoms with Crippen LogP contribution in [0.5, 0.6) is 0 Å². The number of methoxy groups -OCH3 is 1. The van der Waals surface area contributed by atoms with Gasteiger partial charge in [0.25, 0.3) is 0 Å². The summed E-state index contributed by atoms with van der Waals surface area (Å²) in [5.41, 5.74) is 1.59. The van der Waals surface area contributed by atoms with Crippen molar-refractivity contribution in [3.63, 3.8) is 0 Å². The molecule has 0 saturated heterocycles. The summed E-state index contributed by atoms with van der Waals surface area (Å²) >= 11 is 0. The second-order valence-electron chi connectivity index (χ2n) is 4.83. The molecule has 0 spiro atoms. The number of ether oxygens (including phenoxy) is 2. The van der Waals surface area contributed by atoms with E-state index in [1.807, 2.05) is 36.4 Å². The van der Waals surface area contributed by atoms with Gasteiger partial charge in [-0.05, 0) is 25.0 Å². The second kappa shape index (κ2) is 9.32. The summed E-state index contributed by atoms with van der Waals surface area (Å²) in [4.78, 5) is 11.9. The first-order chi connectivity index (χ1) is 9.67. The maximum absolute atomic E-state index is 11.9. The fraction of sp³-hybridized carbons (Fsp3) is 0.471. The Balaban J connectivity index is 2.48. The number of benzene rings is 1. The van der Waals surface area contributed by atoms with Gasteiger partial charge < -0.3 is 9.47 Å². The SMILES string of the molecule is CCCCC(C=C(C)C(=O)OCc1ccccc1)OC. The van der Waals surface area contributed by atoms with Crippen molar-refractivity contribution in [3.05, 3.63) is 47.5 Å². The minimum atomic E-state index is -0.285. The van der Waals surface area contributed by atoms with Gasteiger partial charge in [0.2, 0.25) is 0 Å². The molecule has 0 aliphatic heterocycles. The van der Waals surface area contributed by atoms with Crippen LogP contribution in [0, 0.1) is 0 Å². The highest BCUT2D eigenvalue weighted by Gasteiger charge is 2.10. The van der Waals surface area contributed by atoms with Gasteiger partial charge in [-0.25, -0.2) is 4.79 Å². The highest BCUT2D eigenvalue weighted by Crippen LogP contribution is 2.10. The molecule has 3 nitrogen and oxygen atoms in total. The Labute approximate surface area is 121 Å². The minimum Gasteiger partial charge on any atom is -0.457 e. The van der Waals surface area contributed by atoms with Crippen LogP contribution >= 0.6 is 0 Å². The van der Waals surface area contributed by atoms with E-state index >= 15 is 0 Å². The third-order valence-electron chi connectivity index (χ3n) is 3.12. The van der Waals surface area contributed by atoms with Crippen molar-refractivity contribution in [2.45, 2.75) is 45.8 Å². The molecule has 0 radical (unpaired) electrons. The Morgan fingerprint density at radius 1 is 1.30 bits per heavy atom. The molecule has 1 unspecified atom stereocenters. The second-order valence-corrected chi connectivity index (χ2v) is 4.83. The number of rotatable bonds is 8. The van der Waals surface area contributed by atoms with E-state index in [1.54, 1.807) is 14.0 Å². The lowest BCUT2D eigenvalue weighted by Crippen LogP contribution is -2.12. The first-order valence-electron chi connectivity index (χ1n) is 7.09. The summed E-state index contributed by atoms with van der Waals surface area (Å²) in [7, 11) is 1.67. The van der Waals surface area contributed by atoms with Gasteiger partial charge in [-0.3, -0.25) is 0 Å². The third kappa shape index (κ3) is 6.02. The standard InChI is InChI=1S/C17H24O3/c1-4-5-11-16(19-3)12-14(2)17(18)20-13-15-9-7-6-8-10-15/h6-10,12,16H,4-5,11,13H2,1-3H3. The van der Waals surface area contributed by atoms with E-state index in [0.29, 0.717) is 12.2 Å². The van der Waals surface area contributed by atoms with Gasteiger partial charge in [0.05, 0.1) is 6.10 Å². The number of esters is 1. The molecule has 0 aliphatic carbocycles. The zero-order valence-corrected chi connectivity index (χ0v) is 12.6. The van der Waals surface area contributed by atoms with Gasteiger partial charge in [0.15, 0.2) is 0 Å². The maximum Gasteiger partial charge on any atom is 0.333 e. The Hall–Kier alpha value is -1.61. The van der Waals surface area contributed by atoms with Crippen LogP contribution in [0.4, 0.5) is 0 Å². The molecule has 110 valence electrons. The zero-order valence-electron chi connectivity index (χ0n) is 12.6. The summed E-state index contributed by atoms with van der Waals surface area (Å²) in [5.74, 6) is -0.285. The highest BCUT2D eigenvalue weighted by atomic mass is 16.5. The monoisotopic (exact) mass is 276 g/mol. The Kier molecular flexibility index (Phi) is 7.66. The van der Waals surface area contributed by atoms with E-state index in [4.69, 9.17) is 9.47 Å². The summed E-state index contributed by atoms with van der Waals surface area (Å²) < 4.78 is 10.6. The van der Waals surface area contributed by atoms with E-state index in [9.17, 15) is 4.79 Å². The Morgan fingerprint density at radius 3 is 2.60 bits per heavy atom. The molecule has 0 aromatic heterocycles. The van der Waals surface area contributed by atoms with Crippen LogP contribution in [0.2, 0.25) is 0 Å². The van der Waals surface area contributed by atoms with Crippen molar-refractivity contribution < 1.29 is 14.3 Å². The average Bonchev–Trinajstić information content (AvgIpc) is 2.49. The molecule has 1 rings (SSSR count). The molecule has 1 atom stereocenters. The number of hydrogen-bond acceptors (Lipinski definition) is 3. The molecule has 0 saturated carbocycles. The smallest absolute Gasteiger partial charge is 0.333 e. The Morgan fingerprint density at radius 2 is 2.00 bits per heavy atom. The molecular formula is C17H24O3. The first kappa shape index (κ1) is 16.4. The van der Waals surface area contributed by atoms with Crippen LogP contribution < -0.4 is 0 Å². The first-order valence-corrected chi connectivity index (χ1v) is 7.09. The number of carbonyl (C=O) groups excluding carboxylic acids is 1. The fourth-order valence-electron chi connectivity index (χ4n) is 1.86. The minimum absolute atomic E-state index is 0.0146. The largest absolute Gasteiger partial charge is 0.457 e. The topological polar surface area (TPSA) is 35.5 Å². The van der Waals surface area contributed by atoms with Crippen LogP contribution in [0.3, 0.4) is 0 Å². The average molecular weight is 276 g/mol. The quantitative estimate of drug-likeness (QED) is 0.534. The van der Waals surface area contributed by atoms with E-state index in [1.165, 1.54) is 0 Å². The number of carbonyl (C=O) groups is 1. The van der Waals surface area contributed by atoms with Crippen molar-refractivity contribution >= 4 is 5.97 Å². The molecule has 0 aliphatic rings. The van der Waals surface area contributed by atoms with Crippen LogP contribution in [0.1, 0.15) is 38.7 Å². The molecule has 3 heteroatoms. The molecule has 0 fully saturated rings. The summed E-state index contributed by atoms with van der Waals surface area (Å²) in [6, 6.07) is 9.67. The summed E-state index contributed by atoms with van der Waals surface area (Å²) in [6.45, 7) is 4.21. The van der Waals surface area contributed by atoms with Gasteiger partial charge in [-0.1, -0.05) is 50.1 Å². The fourth-order valence-corrected chi connectivity index (χ4v) is 1.86. The maximum atomic E-state index is 11.9. The van der Waals surface area contributed by atoms with E-state index < -0.39 is 0 Å². The zero-order chi connectivity index (χ0) is 14.8. The lowest BCUT2D eigenvalue weighted by molar-refractivity contribution is -0.140. The van der Waals surface area contributed by atoms with E-state index in [2.05, 4.69) is 6.92 Å². The van der Waals surface area contributed by atoms with Crippen molar-refractivity contribution in [2.75, 3.05) is 7.11 Å². The van der Waals surface area contributed by atoms with E-state index in [0.717, 1.165) is 24.8 Å². The van der Waals surface area contributed by atoms with Crippen molar-refractivity contribution in [1.29, 1.82) is 0 Å². The summed E-state index contributed by atoms with van der Waals surface area (Å²) in [5, 5.41) is 0. The van der Waals surface area contributed by atoms with Crippen LogP contribution in [-0.2, 0) is 20.9 Å². The number of unbranched alkanes of at least 4 members (excludes halogenated alkanes) is 1. The third-order valence-corrected chi connectivity index (χ3v) is 3.12. The Bertz CT molecular complexity index is 423. The van der Waals surface area contributed by atoms with E-state index in [-0.39, 0.29) is 12.1 Å². The lowest BCUT2D eigenvalue weighted by atomic mass is 10.1. The van der Waals surface area contributed by atoms with Crippen LogP contribution in [-0.4, -0.2) is 19.2 Å². The molecule has 1 aromatic carbocycles. The van der Waals surface area contributed by atoms with Crippen molar-refractivity contribution in [3.8, 4) is 0 Å². The van der Waals surface area contributed by atoms with Gasteiger partial charge >= 0.3 is 5.97 Å². The van der Waals surface area contributed by atoms with Crippen molar-refractivity contribution in [1.82, 2.24) is 0 Å². The molecule has 0 heterocycles. The lowest BCUT2D eigenvalue weighted by Gasteiger charge is -2.12. The molecule has 1 aromatic rings. The molecular weight excluding hydrogens is 252 g/mol. The molecule has 0 amide bonds. The van der Waals surface area contributed by atoms with Crippen LogP contribution in [0.15, 0.2) is 42.0 Å². The normalized spacial score (nSPS) is 13.1. The highest BCUT2D eigenvalue weighted by molar-refractivity contribution is 5.87.